The van der Waals surface area contributed by atoms with E-state index in [1.54, 1.807) is 0 Å². The van der Waals surface area contributed by atoms with E-state index in [2.05, 4.69) is 57.2 Å². The summed E-state index contributed by atoms with van der Waals surface area (Å²) in [6, 6.07) is 0. The maximum atomic E-state index is 12.6. The van der Waals surface area contributed by atoms with E-state index in [4.69, 9.17) is 14.2 Å². The van der Waals surface area contributed by atoms with Crippen LogP contribution in [-0.4, -0.2) is 37.2 Å². The number of hydrogen-bond acceptors (Lipinski definition) is 6. The van der Waals surface area contributed by atoms with Crippen molar-refractivity contribution < 1.29 is 28.6 Å². The maximum Gasteiger partial charge on any atom is 0.306 e. The predicted octanol–water partition coefficient (Wildman–Crippen LogP) is 13.0. The van der Waals surface area contributed by atoms with Crippen LogP contribution in [0.3, 0.4) is 0 Å². The lowest BCUT2D eigenvalue weighted by molar-refractivity contribution is -0.167. The van der Waals surface area contributed by atoms with Gasteiger partial charge in [-0.2, -0.15) is 0 Å². The summed E-state index contributed by atoms with van der Waals surface area (Å²) >= 11 is 0. The fourth-order valence-electron chi connectivity index (χ4n) is 5.64. The molecule has 1 unspecified atom stereocenters. The van der Waals surface area contributed by atoms with Gasteiger partial charge in [-0.25, -0.2) is 0 Å². The van der Waals surface area contributed by atoms with E-state index in [1.807, 2.05) is 0 Å². The third-order valence-corrected chi connectivity index (χ3v) is 8.87. The lowest BCUT2D eigenvalue weighted by Gasteiger charge is -2.18. The molecular weight excluding hydrogens is 624 g/mol. The Kier molecular flexibility index (Phi) is 37.5. The van der Waals surface area contributed by atoms with Crippen molar-refractivity contribution in [3.63, 3.8) is 0 Å². The summed E-state index contributed by atoms with van der Waals surface area (Å²) in [4.78, 5) is 37.3. The quantitative estimate of drug-likeness (QED) is 0.0277. The van der Waals surface area contributed by atoms with Crippen LogP contribution >= 0.6 is 0 Å². The van der Waals surface area contributed by atoms with Crippen molar-refractivity contribution in [3.8, 4) is 0 Å². The van der Waals surface area contributed by atoms with Crippen LogP contribution in [0.5, 0.6) is 0 Å². The van der Waals surface area contributed by atoms with Crippen LogP contribution in [0.4, 0.5) is 0 Å². The minimum atomic E-state index is -0.774. The highest BCUT2D eigenvalue weighted by Gasteiger charge is 2.19. The second-order valence-electron chi connectivity index (χ2n) is 13.9. The summed E-state index contributed by atoms with van der Waals surface area (Å²) in [5, 5.41) is 0. The van der Waals surface area contributed by atoms with Crippen LogP contribution in [0.25, 0.3) is 0 Å². The highest BCUT2D eigenvalue weighted by atomic mass is 16.6. The molecule has 0 fully saturated rings. The Morgan fingerprint density at radius 3 is 1.16 bits per heavy atom. The molecule has 0 rings (SSSR count). The lowest BCUT2D eigenvalue weighted by atomic mass is 10.1. The van der Waals surface area contributed by atoms with Gasteiger partial charge in [-0.1, -0.05) is 147 Å². The molecule has 50 heavy (non-hydrogen) atoms. The summed E-state index contributed by atoms with van der Waals surface area (Å²) in [7, 11) is 0. The van der Waals surface area contributed by atoms with Gasteiger partial charge in [-0.15, -0.1) is 0 Å². The van der Waals surface area contributed by atoms with Crippen LogP contribution in [0, 0.1) is 0 Å². The van der Waals surface area contributed by atoms with Gasteiger partial charge < -0.3 is 14.2 Å². The van der Waals surface area contributed by atoms with Crippen molar-refractivity contribution in [2.24, 2.45) is 0 Å². The van der Waals surface area contributed by atoms with Gasteiger partial charge in [0.25, 0.3) is 0 Å². The van der Waals surface area contributed by atoms with Crippen LogP contribution in [-0.2, 0) is 28.6 Å². The molecule has 0 N–H and O–H groups in total. The van der Waals surface area contributed by atoms with Crippen molar-refractivity contribution in [1.82, 2.24) is 0 Å². The fraction of sp³-hybridized carbons (Fsp3) is 0.795. The van der Waals surface area contributed by atoms with Crippen LogP contribution in [0.2, 0.25) is 0 Å². The zero-order valence-corrected chi connectivity index (χ0v) is 32.9. The molecule has 0 saturated carbocycles. The predicted molar refractivity (Wildman–Crippen MR) is 210 cm³/mol. The number of carbonyl (C=O) groups excluding carboxylic acids is 3. The molecule has 6 heteroatoms. The highest BCUT2D eigenvalue weighted by molar-refractivity contribution is 5.71. The summed E-state index contributed by atoms with van der Waals surface area (Å²) < 4.78 is 16.5. The second-order valence-corrected chi connectivity index (χ2v) is 13.9. The van der Waals surface area contributed by atoms with Gasteiger partial charge in [0.2, 0.25) is 0 Å². The first-order valence-corrected chi connectivity index (χ1v) is 21.0. The van der Waals surface area contributed by atoms with Gasteiger partial charge in [0.15, 0.2) is 6.10 Å². The van der Waals surface area contributed by atoms with E-state index in [1.165, 1.54) is 70.6 Å². The number of hydrogen-bond donors (Lipinski definition) is 0. The molecule has 0 radical (unpaired) electrons. The molecule has 0 aromatic carbocycles. The Hall–Kier alpha value is -2.37. The molecule has 0 bridgehead atoms. The van der Waals surface area contributed by atoms with Gasteiger partial charge >= 0.3 is 17.9 Å². The Balaban J connectivity index is 4.29. The number of allylic oxidation sites excluding steroid dienone is 6. The van der Waals surface area contributed by atoms with Crippen molar-refractivity contribution in [3.05, 3.63) is 36.5 Å². The molecule has 0 amide bonds. The SMILES string of the molecule is CCCCC/C=C\C/C=C\CCCCCCCC(=O)OCC(COC(=O)CCCCCCC)OC(=O)CCCCCCC/C=C\CCCCC. The standard InChI is InChI=1S/C44H78O6/c1-4-7-10-13-15-17-19-21-22-23-25-26-28-31-34-37-43(46)49-40-41(39-48-42(45)36-33-30-12-9-6-3)50-44(47)38-35-32-29-27-24-20-18-16-14-11-8-5-2/h15-18,21-22,41H,4-14,19-20,23-40H2,1-3H3/b17-15-,18-16-,22-21-. The molecule has 0 aliphatic heterocycles. The normalized spacial score (nSPS) is 12.3. The molecule has 0 aliphatic rings. The Morgan fingerprint density at radius 2 is 0.720 bits per heavy atom. The van der Waals surface area contributed by atoms with Gasteiger partial charge in [-0.3, -0.25) is 14.4 Å². The average molecular weight is 703 g/mol. The zero-order valence-electron chi connectivity index (χ0n) is 32.9. The molecule has 0 aromatic heterocycles. The van der Waals surface area contributed by atoms with Gasteiger partial charge in [0.05, 0.1) is 0 Å². The lowest BCUT2D eigenvalue weighted by Crippen LogP contribution is -2.30. The summed E-state index contributed by atoms with van der Waals surface area (Å²) in [5.41, 5.74) is 0. The molecular formula is C44H78O6. The minimum absolute atomic E-state index is 0.0809. The molecule has 6 nitrogen and oxygen atoms in total. The van der Waals surface area contributed by atoms with E-state index < -0.39 is 6.10 Å². The average Bonchev–Trinajstić information content (AvgIpc) is 3.11. The Labute approximate surface area is 308 Å². The second kappa shape index (κ2) is 39.4. The number of unbranched alkanes of at least 4 members (excludes halogenated alkanes) is 20. The molecule has 0 heterocycles. The first-order chi connectivity index (χ1) is 24.5. The van der Waals surface area contributed by atoms with Gasteiger partial charge in [0.1, 0.15) is 13.2 Å². The van der Waals surface area contributed by atoms with E-state index in [9.17, 15) is 14.4 Å². The smallest absolute Gasteiger partial charge is 0.306 e. The van der Waals surface area contributed by atoms with Crippen LogP contribution in [0.15, 0.2) is 36.5 Å². The van der Waals surface area contributed by atoms with Crippen LogP contribution < -0.4 is 0 Å². The highest BCUT2D eigenvalue weighted by Crippen LogP contribution is 2.12. The zero-order chi connectivity index (χ0) is 36.6. The first-order valence-electron chi connectivity index (χ1n) is 21.0. The molecule has 0 aromatic rings. The van der Waals surface area contributed by atoms with E-state index >= 15 is 0 Å². The topological polar surface area (TPSA) is 78.9 Å². The van der Waals surface area contributed by atoms with E-state index in [0.717, 1.165) is 96.3 Å². The molecule has 0 saturated heterocycles. The molecule has 290 valence electrons. The van der Waals surface area contributed by atoms with Gasteiger partial charge in [-0.05, 0) is 77.0 Å². The largest absolute Gasteiger partial charge is 0.462 e. The van der Waals surface area contributed by atoms with E-state index in [0.29, 0.717) is 19.3 Å². The monoisotopic (exact) mass is 703 g/mol. The summed E-state index contributed by atoms with van der Waals surface area (Å²) in [5.74, 6) is -0.921. The number of esters is 3. The van der Waals surface area contributed by atoms with Crippen molar-refractivity contribution in [2.75, 3.05) is 13.2 Å². The van der Waals surface area contributed by atoms with Crippen LogP contribution in [0.1, 0.15) is 207 Å². The van der Waals surface area contributed by atoms with E-state index in [-0.39, 0.29) is 31.1 Å². The van der Waals surface area contributed by atoms with Crippen molar-refractivity contribution in [1.29, 1.82) is 0 Å². The summed E-state index contributed by atoms with van der Waals surface area (Å²) in [6.07, 6.45) is 42.9. The number of rotatable bonds is 37. The fourth-order valence-corrected chi connectivity index (χ4v) is 5.64. The number of ether oxygens (including phenoxy) is 3. The Morgan fingerprint density at radius 1 is 0.400 bits per heavy atom. The summed E-state index contributed by atoms with van der Waals surface area (Å²) in [6.45, 7) is 6.46. The molecule has 0 aliphatic carbocycles. The third-order valence-electron chi connectivity index (χ3n) is 8.87. The number of carbonyl (C=O) groups is 3. The maximum absolute atomic E-state index is 12.6. The first kappa shape index (κ1) is 47.6. The van der Waals surface area contributed by atoms with Gasteiger partial charge in [0, 0.05) is 19.3 Å². The van der Waals surface area contributed by atoms with Crippen molar-refractivity contribution in [2.45, 2.75) is 213 Å². The van der Waals surface area contributed by atoms with Crippen molar-refractivity contribution >= 4 is 17.9 Å². The molecule has 0 spiro atoms. The molecule has 1 atom stereocenters. The third kappa shape index (κ3) is 36.9. The Bertz CT molecular complexity index is 861. The minimum Gasteiger partial charge on any atom is -0.462 e.